The number of hydrogen-bond acceptors (Lipinski definition) is 8. The Hall–Kier alpha value is -2.90. The highest BCUT2D eigenvalue weighted by molar-refractivity contribution is 7.81. The molecule has 1 atom stereocenters. The monoisotopic (exact) mass is 538 g/mol. The molecule has 0 bridgehead atoms. The van der Waals surface area contributed by atoms with Gasteiger partial charge in [0.2, 0.25) is 0 Å². The van der Waals surface area contributed by atoms with Gasteiger partial charge >= 0.3 is 12.1 Å². The summed E-state index contributed by atoms with van der Waals surface area (Å²) in [5.74, 6) is -0.306. The number of aromatic carboxylic acids is 1. The van der Waals surface area contributed by atoms with Gasteiger partial charge in [0.25, 0.3) is 11.3 Å². The van der Waals surface area contributed by atoms with Gasteiger partial charge in [0, 0.05) is 31.6 Å². The van der Waals surface area contributed by atoms with Crippen LogP contribution in [-0.2, 0) is 16.0 Å². The molecule has 11 nitrogen and oxygen atoms in total. The highest BCUT2D eigenvalue weighted by Crippen LogP contribution is 2.37. The standard InChI is InChI=1S/C23H30N4O7S2/c1-33-19-13-17(21(28)29)7-8-18(19)27(36(31)32)20-15-35-22(24-20)25-9-11-26(12-10-25)23(30)34-14-16-5-3-2-4-6-16/h7-8,13,15-16H,2-6,9-12,14H2,1H3,(H,28,29)(H,31,32). The van der Waals surface area contributed by atoms with Crippen LogP contribution in [0.2, 0.25) is 0 Å². The van der Waals surface area contributed by atoms with E-state index in [-0.39, 0.29) is 28.9 Å². The quantitative estimate of drug-likeness (QED) is 0.479. The number of hydrogen-bond donors (Lipinski definition) is 2. The molecule has 2 aromatic rings. The maximum Gasteiger partial charge on any atom is 0.409 e. The third-order valence-corrected chi connectivity index (χ3v) is 8.05. The normalized spacial score (nSPS) is 17.5. The van der Waals surface area contributed by atoms with Gasteiger partial charge in [0.1, 0.15) is 11.4 Å². The van der Waals surface area contributed by atoms with Crippen LogP contribution in [0.25, 0.3) is 0 Å². The van der Waals surface area contributed by atoms with Crippen molar-refractivity contribution >= 4 is 51.3 Å². The Labute approximate surface area is 216 Å². The maximum absolute atomic E-state index is 12.5. The predicted molar refractivity (Wildman–Crippen MR) is 137 cm³/mol. The van der Waals surface area contributed by atoms with Crippen molar-refractivity contribution in [2.45, 2.75) is 32.1 Å². The van der Waals surface area contributed by atoms with Crippen LogP contribution in [0.3, 0.4) is 0 Å². The molecule has 36 heavy (non-hydrogen) atoms. The summed E-state index contributed by atoms with van der Waals surface area (Å²) in [5, 5.41) is 11.5. The number of thiazole rings is 1. The van der Waals surface area contributed by atoms with Crippen molar-refractivity contribution in [2.24, 2.45) is 5.92 Å². The minimum absolute atomic E-state index is 0.00613. The Morgan fingerprint density at radius 2 is 1.92 bits per heavy atom. The molecule has 1 unspecified atom stereocenters. The van der Waals surface area contributed by atoms with Crippen LogP contribution in [0.15, 0.2) is 23.6 Å². The van der Waals surface area contributed by atoms with Crippen LogP contribution in [0.5, 0.6) is 5.75 Å². The number of amides is 1. The van der Waals surface area contributed by atoms with Gasteiger partial charge in [-0.25, -0.2) is 23.1 Å². The number of piperazine rings is 1. The first-order valence-corrected chi connectivity index (χ1v) is 13.8. The van der Waals surface area contributed by atoms with Crippen molar-refractivity contribution in [1.29, 1.82) is 0 Å². The van der Waals surface area contributed by atoms with Gasteiger partial charge in [-0.2, -0.15) is 0 Å². The summed E-state index contributed by atoms with van der Waals surface area (Å²) in [4.78, 5) is 32.0. The molecule has 2 heterocycles. The zero-order valence-corrected chi connectivity index (χ0v) is 21.6. The second kappa shape index (κ2) is 11.9. The number of carbonyl (C=O) groups is 2. The lowest BCUT2D eigenvalue weighted by atomic mass is 9.90. The van der Waals surface area contributed by atoms with E-state index in [1.54, 1.807) is 10.3 Å². The molecule has 1 saturated carbocycles. The first-order chi connectivity index (χ1) is 17.4. The van der Waals surface area contributed by atoms with Crippen molar-refractivity contribution < 1.29 is 32.9 Å². The van der Waals surface area contributed by atoms with Crippen molar-refractivity contribution in [1.82, 2.24) is 9.88 Å². The lowest BCUT2D eigenvalue weighted by Gasteiger charge is -2.34. The molecule has 1 saturated heterocycles. The number of benzene rings is 1. The van der Waals surface area contributed by atoms with Gasteiger partial charge in [0.15, 0.2) is 10.9 Å². The summed E-state index contributed by atoms with van der Waals surface area (Å²) in [6.45, 7) is 2.60. The highest BCUT2D eigenvalue weighted by Gasteiger charge is 2.27. The smallest absolute Gasteiger partial charge is 0.409 e. The summed E-state index contributed by atoms with van der Waals surface area (Å²) in [6, 6.07) is 4.03. The van der Waals surface area contributed by atoms with E-state index in [4.69, 9.17) is 9.47 Å². The van der Waals surface area contributed by atoms with E-state index >= 15 is 0 Å². The van der Waals surface area contributed by atoms with Gasteiger partial charge < -0.3 is 24.4 Å². The van der Waals surface area contributed by atoms with Crippen molar-refractivity contribution in [3.63, 3.8) is 0 Å². The highest BCUT2D eigenvalue weighted by atomic mass is 32.2. The third-order valence-electron chi connectivity index (χ3n) is 6.47. The first-order valence-electron chi connectivity index (χ1n) is 11.8. The second-order valence-corrected chi connectivity index (χ2v) is 10.4. The molecule has 0 radical (unpaired) electrons. The van der Waals surface area contributed by atoms with E-state index in [1.165, 1.54) is 55.9 Å². The molecule has 0 spiro atoms. The third kappa shape index (κ3) is 6.08. The number of carboxylic acids is 1. The van der Waals surface area contributed by atoms with Gasteiger partial charge in [-0.15, -0.1) is 11.3 Å². The first kappa shape index (κ1) is 26.2. The van der Waals surface area contributed by atoms with Crippen LogP contribution >= 0.6 is 11.3 Å². The average molecular weight is 539 g/mol. The van der Waals surface area contributed by atoms with Crippen molar-refractivity contribution in [2.75, 3.05) is 49.1 Å². The predicted octanol–water partition coefficient (Wildman–Crippen LogP) is 3.96. The number of carboxylic acid groups (broad SMARTS) is 1. The minimum Gasteiger partial charge on any atom is -0.495 e. The molecular weight excluding hydrogens is 508 g/mol. The van der Waals surface area contributed by atoms with E-state index in [2.05, 4.69) is 4.98 Å². The van der Waals surface area contributed by atoms with E-state index < -0.39 is 17.2 Å². The van der Waals surface area contributed by atoms with Crippen LogP contribution in [0.1, 0.15) is 42.5 Å². The molecule has 4 rings (SSSR count). The number of anilines is 3. The molecule has 13 heteroatoms. The summed E-state index contributed by atoms with van der Waals surface area (Å²) < 4.78 is 34.1. The molecule has 2 N–H and O–H groups in total. The lowest BCUT2D eigenvalue weighted by molar-refractivity contribution is 0.0696. The second-order valence-electron chi connectivity index (χ2n) is 8.76. The topological polar surface area (TPSA) is 133 Å². The van der Waals surface area contributed by atoms with Gasteiger partial charge in [-0.3, -0.25) is 4.55 Å². The van der Waals surface area contributed by atoms with Crippen LogP contribution in [0.4, 0.5) is 21.4 Å². The Bertz CT molecular complexity index is 1100. The van der Waals surface area contributed by atoms with Gasteiger partial charge in [-0.05, 0) is 37.0 Å². The maximum atomic E-state index is 12.5. The summed E-state index contributed by atoms with van der Waals surface area (Å²) in [6.07, 6.45) is 5.65. The summed E-state index contributed by atoms with van der Waals surface area (Å²) in [7, 11) is 1.36. The summed E-state index contributed by atoms with van der Waals surface area (Å²) in [5.41, 5.74) is 0.207. The number of carbonyl (C=O) groups excluding carboxylic acids is 1. The molecule has 1 aliphatic carbocycles. The minimum atomic E-state index is -2.48. The SMILES string of the molecule is COc1cc(C(=O)O)ccc1N(c1csc(N2CCN(C(=O)OCC3CCCCC3)CC2)n1)S(=O)O. The van der Waals surface area contributed by atoms with E-state index in [9.17, 15) is 23.5 Å². The number of rotatable bonds is 8. The Balaban J connectivity index is 1.39. The lowest BCUT2D eigenvalue weighted by Crippen LogP contribution is -2.49. The molecule has 1 aliphatic heterocycles. The molecular formula is C23H30N4O7S2. The number of nitrogens with zero attached hydrogens (tertiary/aromatic N) is 4. The fourth-order valence-corrected chi connectivity index (χ4v) is 5.96. The van der Waals surface area contributed by atoms with E-state index in [0.29, 0.717) is 43.8 Å². The van der Waals surface area contributed by atoms with Crippen molar-refractivity contribution in [3.8, 4) is 5.75 Å². The molecule has 196 valence electrons. The molecule has 1 aromatic heterocycles. The summed E-state index contributed by atoms with van der Waals surface area (Å²) >= 11 is -1.17. The van der Waals surface area contributed by atoms with Crippen LogP contribution in [-0.4, -0.2) is 75.7 Å². The zero-order valence-electron chi connectivity index (χ0n) is 20.0. The Kier molecular flexibility index (Phi) is 8.64. The van der Waals surface area contributed by atoms with Gasteiger partial charge in [0.05, 0.1) is 19.3 Å². The van der Waals surface area contributed by atoms with Crippen LogP contribution < -0.4 is 13.9 Å². The van der Waals surface area contributed by atoms with E-state index in [0.717, 1.165) is 17.1 Å². The van der Waals surface area contributed by atoms with Gasteiger partial charge in [-0.1, -0.05) is 19.3 Å². The molecule has 1 amide bonds. The largest absolute Gasteiger partial charge is 0.495 e. The Morgan fingerprint density at radius 1 is 1.19 bits per heavy atom. The zero-order chi connectivity index (χ0) is 25.7. The number of aromatic nitrogens is 1. The molecule has 2 fully saturated rings. The number of ether oxygens (including phenoxy) is 2. The average Bonchev–Trinajstić information content (AvgIpc) is 3.37. The molecule has 2 aliphatic rings. The Morgan fingerprint density at radius 3 is 2.56 bits per heavy atom. The molecule has 1 aromatic carbocycles. The fraction of sp³-hybridized carbons (Fsp3) is 0.522. The fourth-order valence-electron chi connectivity index (χ4n) is 4.48. The van der Waals surface area contributed by atoms with Crippen molar-refractivity contribution in [3.05, 3.63) is 29.1 Å². The van der Waals surface area contributed by atoms with E-state index in [1.807, 2.05) is 4.90 Å². The number of methoxy groups -OCH3 is 1. The van der Waals surface area contributed by atoms with Crippen LogP contribution in [0, 0.1) is 5.92 Å².